The predicted octanol–water partition coefficient (Wildman–Crippen LogP) is 2.58. The molecule has 0 fully saturated rings. The Bertz CT molecular complexity index is 407. The summed E-state index contributed by atoms with van der Waals surface area (Å²) in [5.74, 6) is -0.0251. The minimum Gasteiger partial charge on any atom is -0.444 e. The molecule has 0 aromatic heterocycles. The van der Waals surface area contributed by atoms with E-state index >= 15 is 0 Å². The van der Waals surface area contributed by atoms with E-state index in [1.54, 1.807) is 45.0 Å². The number of nitrogens with one attached hydrogen (secondary N) is 1. The van der Waals surface area contributed by atoms with Crippen LogP contribution in [0.3, 0.4) is 0 Å². The third kappa shape index (κ3) is 5.48. The van der Waals surface area contributed by atoms with Crippen molar-refractivity contribution >= 4 is 11.9 Å². The molecule has 0 saturated heterocycles. The lowest BCUT2D eigenvalue weighted by Gasteiger charge is -2.19. The quantitative estimate of drug-likeness (QED) is 0.833. The average Bonchev–Trinajstić information content (AvgIpc) is 2.27. The van der Waals surface area contributed by atoms with E-state index in [-0.39, 0.29) is 18.7 Å². The molecule has 1 N–H and O–H groups in total. The molecule has 1 rings (SSSR count). The van der Waals surface area contributed by atoms with E-state index in [2.05, 4.69) is 11.4 Å². The molecule has 1 aromatic rings. The summed E-state index contributed by atoms with van der Waals surface area (Å²) in [5.41, 5.74) is 0.0751. The summed E-state index contributed by atoms with van der Waals surface area (Å²) in [4.78, 5) is 23.0. The van der Waals surface area contributed by atoms with E-state index < -0.39 is 11.7 Å². The smallest absolute Gasteiger partial charge is 0.407 e. The van der Waals surface area contributed by atoms with Crippen molar-refractivity contribution in [3.8, 4) is 0 Å². The highest BCUT2D eigenvalue weighted by Gasteiger charge is 2.15. The Kier molecular flexibility index (Phi) is 4.89. The van der Waals surface area contributed by atoms with Crippen LogP contribution in [-0.4, -0.2) is 24.0 Å². The molecule has 1 radical (unpaired) electrons. The van der Waals surface area contributed by atoms with E-state index in [0.29, 0.717) is 5.56 Å². The fourth-order valence-corrected chi connectivity index (χ4v) is 1.30. The van der Waals surface area contributed by atoms with Gasteiger partial charge in [-0.1, -0.05) is 18.2 Å². The number of amides is 1. The van der Waals surface area contributed by atoms with E-state index in [0.717, 1.165) is 0 Å². The van der Waals surface area contributed by atoms with Crippen LogP contribution in [0, 0.1) is 6.07 Å². The van der Waals surface area contributed by atoms with Crippen molar-refractivity contribution in [2.24, 2.45) is 0 Å². The van der Waals surface area contributed by atoms with Crippen LogP contribution in [0.2, 0.25) is 0 Å². The maximum atomic E-state index is 11.7. The van der Waals surface area contributed by atoms with Crippen molar-refractivity contribution in [3.63, 3.8) is 0 Å². The standard InChI is InChI=1S/C14H18NO3/c1-14(2,3)18-13(17)15-10-9-12(16)11-7-5-4-6-8-11/h4-5,7-8H,9-10H2,1-3H3,(H,15,17). The van der Waals surface area contributed by atoms with Crippen molar-refractivity contribution in [3.05, 3.63) is 35.9 Å². The normalized spacial score (nSPS) is 10.8. The number of Topliss-reactive ketones (excluding diaryl/α,β-unsaturated/α-hetero) is 1. The second-order valence-electron chi connectivity index (χ2n) is 4.89. The first-order valence-electron chi connectivity index (χ1n) is 5.84. The number of hydrogen-bond donors (Lipinski definition) is 1. The molecule has 1 amide bonds. The van der Waals surface area contributed by atoms with Crippen LogP contribution in [0.25, 0.3) is 0 Å². The summed E-state index contributed by atoms with van der Waals surface area (Å²) < 4.78 is 5.06. The van der Waals surface area contributed by atoms with Gasteiger partial charge in [-0.05, 0) is 32.9 Å². The third-order valence-corrected chi connectivity index (χ3v) is 2.05. The van der Waals surface area contributed by atoms with Gasteiger partial charge in [-0.15, -0.1) is 0 Å². The lowest BCUT2D eigenvalue weighted by molar-refractivity contribution is 0.0527. The molecule has 4 nitrogen and oxygen atoms in total. The van der Waals surface area contributed by atoms with Crippen LogP contribution in [0.15, 0.2) is 24.3 Å². The van der Waals surface area contributed by atoms with Gasteiger partial charge in [0, 0.05) is 18.5 Å². The summed E-state index contributed by atoms with van der Waals surface area (Å²) in [7, 11) is 0. The first-order chi connectivity index (χ1) is 8.38. The number of ether oxygens (including phenoxy) is 1. The van der Waals surface area contributed by atoms with E-state index in [9.17, 15) is 9.59 Å². The zero-order valence-corrected chi connectivity index (χ0v) is 10.9. The van der Waals surface area contributed by atoms with Gasteiger partial charge >= 0.3 is 6.09 Å². The zero-order valence-electron chi connectivity index (χ0n) is 10.9. The van der Waals surface area contributed by atoms with Gasteiger partial charge < -0.3 is 10.1 Å². The monoisotopic (exact) mass is 248 g/mol. The summed E-state index contributed by atoms with van der Waals surface area (Å²) in [6, 6.07) is 9.69. The molecular weight excluding hydrogens is 230 g/mol. The molecule has 1 aromatic carbocycles. The average molecular weight is 248 g/mol. The van der Waals surface area contributed by atoms with Gasteiger partial charge in [-0.2, -0.15) is 0 Å². The topological polar surface area (TPSA) is 55.4 Å². The Morgan fingerprint density at radius 1 is 1.39 bits per heavy atom. The number of hydrogen-bond acceptors (Lipinski definition) is 3. The van der Waals surface area contributed by atoms with Gasteiger partial charge in [0.05, 0.1) is 0 Å². The fraction of sp³-hybridized carbons (Fsp3) is 0.429. The molecule has 0 aliphatic carbocycles. The summed E-state index contributed by atoms with van der Waals surface area (Å²) in [5, 5.41) is 2.55. The van der Waals surface area contributed by atoms with Crippen molar-refractivity contribution in [1.82, 2.24) is 5.32 Å². The van der Waals surface area contributed by atoms with Crippen LogP contribution >= 0.6 is 0 Å². The Morgan fingerprint density at radius 2 is 2.11 bits per heavy atom. The first-order valence-corrected chi connectivity index (χ1v) is 5.84. The molecule has 0 aliphatic heterocycles. The van der Waals surface area contributed by atoms with Crippen molar-refractivity contribution in [2.45, 2.75) is 32.8 Å². The molecule has 4 heteroatoms. The van der Waals surface area contributed by atoms with Crippen molar-refractivity contribution < 1.29 is 14.3 Å². The molecule has 0 aliphatic rings. The minimum absolute atomic E-state index is 0.0251. The highest BCUT2D eigenvalue weighted by Crippen LogP contribution is 2.06. The van der Waals surface area contributed by atoms with E-state index in [1.165, 1.54) is 0 Å². The maximum Gasteiger partial charge on any atom is 0.407 e. The number of benzene rings is 1. The second kappa shape index (κ2) is 6.19. The van der Waals surface area contributed by atoms with Crippen molar-refractivity contribution in [1.29, 1.82) is 0 Å². The number of carbonyl (C=O) groups excluding carboxylic acids is 2. The molecule has 0 bridgehead atoms. The second-order valence-corrected chi connectivity index (χ2v) is 4.89. The van der Waals surface area contributed by atoms with E-state index in [4.69, 9.17) is 4.74 Å². The SMILES string of the molecule is CC(C)(C)OC(=O)NCCC(=O)c1c[c]ccc1. The molecule has 0 atom stereocenters. The molecule has 97 valence electrons. The summed E-state index contributed by atoms with van der Waals surface area (Å²) in [6.45, 7) is 5.63. The molecule has 0 saturated carbocycles. The lowest BCUT2D eigenvalue weighted by Crippen LogP contribution is -2.33. The molecule has 0 unspecified atom stereocenters. The van der Waals surface area contributed by atoms with Crippen molar-refractivity contribution in [2.75, 3.05) is 6.54 Å². The Hall–Kier alpha value is -1.84. The van der Waals surface area contributed by atoms with Crippen LogP contribution in [0.4, 0.5) is 4.79 Å². The number of ketones is 1. The number of carbonyl (C=O) groups is 2. The zero-order chi connectivity index (χ0) is 13.6. The Balaban J connectivity index is 2.30. The van der Waals surface area contributed by atoms with Gasteiger partial charge in [-0.3, -0.25) is 4.79 Å². The summed E-state index contributed by atoms with van der Waals surface area (Å²) >= 11 is 0. The van der Waals surface area contributed by atoms with Gasteiger partial charge in [0.25, 0.3) is 0 Å². The summed E-state index contributed by atoms with van der Waals surface area (Å²) in [6.07, 6.45) is -0.258. The van der Waals surface area contributed by atoms with Gasteiger partial charge in [0.2, 0.25) is 0 Å². The fourth-order valence-electron chi connectivity index (χ4n) is 1.30. The largest absolute Gasteiger partial charge is 0.444 e. The van der Waals surface area contributed by atoms with E-state index in [1.807, 2.05) is 0 Å². The predicted molar refractivity (Wildman–Crippen MR) is 68.5 cm³/mol. The van der Waals surface area contributed by atoms with Gasteiger partial charge in [-0.25, -0.2) is 4.79 Å². The third-order valence-electron chi connectivity index (χ3n) is 2.05. The highest BCUT2D eigenvalue weighted by molar-refractivity contribution is 5.96. The first kappa shape index (κ1) is 14.2. The minimum atomic E-state index is -0.525. The van der Waals surface area contributed by atoms with Gasteiger partial charge in [0.1, 0.15) is 5.60 Å². The number of rotatable bonds is 4. The van der Waals surface area contributed by atoms with Crippen LogP contribution in [0.1, 0.15) is 37.6 Å². The molecule has 0 spiro atoms. The number of alkyl carbamates (subject to hydrolysis) is 1. The van der Waals surface area contributed by atoms with Crippen LogP contribution < -0.4 is 5.32 Å². The van der Waals surface area contributed by atoms with Gasteiger partial charge in [0.15, 0.2) is 5.78 Å². The maximum absolute atomic E-state index is 11.7. The molecular formula is C14H18NO3. The van der Waals surface area contributed by atoms with Crippen LogP contribution in [0.5, 0.6) is 0 Å². The van der Waals surface area contributed by atoms with Crippen LogP contribution in [-0.2, 0) is 4.74 Å². The molecule has 18 heavy (non-hydrogen) atoms. The Labute approximate surface area is 107 Å². The Morgan fingerprint density at radius 3 is 2.67 bits per heavy atom. The molecule has 0 heterocycles. The lowest BCUT2D eigenvalue weighted by atomic mass is 10.1. The highest BCUT2D eigenvalue weighted by atomic mass is 16.6.